The van der Waals surface area contributed by atoms with E-state index in [4.69, 9.17) is 11.6 Å². The SMILES string of the molecule is Clc1nccc2c1ccc1cc(-c3ccccc3)ccc12. The number of aromatic nitrogens is 1. The van der Waals surface area contributed by atoms with Gasteiger partial charge < -0.3 is 0 Å². The first-order valence-corrected chi connectivity index (χ1v) is 7.23. The maximum Gasteiger partial charge on any atom is 0.136 e. The Hall–Kier alpha value is -2.38. The van der Waals surface area contributed by atoms with Gasteiger partial charge in [-0.3, -0.25) is 0 Å². The maximum atomic E-state index is 6.17. The normalized spacial score (nSPS) is 11.1. The molecule has 0 spiro atoms. The summed E-state index contributed by atoms with van der Waals surface area (Å²) in [6.07, 6.45) is 1.76. The van der Waals surface area contributed by atoms with Gasteiger partial charge in [0.2, 0.25) is 0 Å². The lowest BCUT2D eigenvalue weighted by Gasteiger charge is -2.07. The van der Waals surface area contributed by atoms with Crippen molar-refractivity contribution in [3.05, 3.63) is 78.1 Å². The van der Waals surface area contributed by atoms with Crippen molar-refractivity contribution < 1.29 is 0 Å². The zero-order chi connectivity index (χ0) is 14.2. The second-order valence-corrected chi connectivity index (χ2v) is 5.42. The van der Waals surface area contributed by atoms with Crippen LogP contribution in [0.3, 0.4) is 0 Å². The van der Waals surface area contributed by atoms with E-state index in [0.717, 1.165) is 10.8 Å². The van der Waals surface area contributed by atoms with Gasteiger partial charge in [-0.25, -0.2) is 4.98 Å². The van der Waals surface area contributed by atoms with Crippen molar-refractivity contribution in [1.82, 2.24) is 4.98 Å². The first-order chi connectivity index (χ1) is 10.3. The molecule has 0 saturated heterocycles. The Kier molecular flexibility index (Phi) is 2.87. The molecule has 0 unspecified atom stereocenters. The van der Waals surface area contributed by atoms with E-state index in [-0.39, 0.29) is 0 Å². The lowest BCUT2D eigenvalue weighted by Crippen LogP contribution is -1.83. The fourth-order valence-electron chi connectivity index (χ4n) is 2.77. The molecule has 0 aliphatic carbocycles. The van der Waals surface area contributed by atoms with Crippen molar-refractivity contribution in [3.8, 4) is 11.1 Å². The summed E-state index contributed by atoms with van der Waals surface area (Å²) in [6.45, 7) is 0. The van der Waals surface area contributed by atoms with Crippen molar-refractivity contribution in [2.45, 2.75) is 0 Å². The van der Waals surface area contributed by atoms with Crippen LogP contribution in [0.4, 0.5) is 0 Å². The van der Waals surface area contributed by atoms with Crippen molar-refractivity contribution in [2.24, 2.45) is 0 Å². The highest BCUT2D eigenvalue weighted by molar-refractivity contribution is 6.35. The van der Waals surface area contributed by atoms with Crippen LogP contribution in [0.2, 0.25) is 5.15 Å². The standard InChI is InChI=1S/C19H12ClN/c20-19-18-9-7-15-12-14(13-4-2-1-3-5-13)6-8-16(15)17(18)10-11-21-19/h1-12H. The van der Waals surface area contributed by atoms with E-state index in [0.29, 0.717) is 5.15 Å². The van der Waals surface area contributed by atoms with Gasteiger partial charge in [-0.05, 0) is 39.4 Å². The van der Waals surface area contributed by atoms with Gasteiger partial charge in [0, 0.05) is 11.6 Å². The Morgan fingerprint density at radius 2 is 1.48 bits per heavy atom. The lowest BCUT2D eigenvalue weighted by molar-refractivity contribution is 1.37. The highest BCUT2D eigenvalue weighted by Crippen LogP contribution is 2.31. The summed E-state index contributed by atoms with van der Waals surface area (Å²) in [5.41, 5.74) is 2.45. The van der Waals surface area contributed by atoms with Crippen LogP contribution in [-0.4, -0.2) is 4.98 Å². The maximum absolute atomic E-state index is 6.17. The number of hydrogen-bond donors (Lipinski definition) is 0. The number of benzene rings is 3. The predicted molar refractivity (Wildman–Crippen MR) is 89.7 cm³/mol. The van der Waals surface area contributed by atoms with E-state index >= 15 is 0 Å². The van der Waals surface area contributed by atoms with Crippen molar-refractivity contribution >= 4 is 33.1 Å². The van der Waals surface area contributed by atoms with E-state index in [1.165, 1.54) is 21.9 Å². The molecule has 0 fully saturated rings. The topological polar surface area (TPSA) is 12.9 Å². The number of halogens is 1. The van der Waals surface area contributed by atoms with Crippen molar-refractivity contribution in [1.29, 1.82) is 0 Å². The molecule has 0 radical (unpaired) electrons. The highest BCUT2D eigenvalue weighted by atomic mass is 35.5. The minimum absolute atomic E-state index is 0.557. The summed E-state index contributed by atoms with van der Waals surface area (Å²) in [5, 5.41) is 5.12. The first kappa shape index (κ1) is 12.4. The van der Waals surface area contributed by atoms with Gasteiger partial charge in [0.15, 0.2) is 0 Å². The summed E-state index contributed by atoms with van der Waals surface area (Å²) in [5.74, 6) is 0. The average molecular weight is 290 g/mol. The number of pyridine rings is 1. The molecule has 0 bridgehead atoms. The molecule has 100 valence electrons. The second kappa shape index (κ2) is 4.87. The third kappa shape index (κ3) is 2.07. The third-order valence-electron chi connectivity index (χ3n) is 3.82. The van der Waals surface area contributed by atoms with Crippen LogP contribution in [0.5, 0.6) is 0 Å². The minimum Gasteiger partial charge on any atom is -0.244 e. The number of hydrogen-bond acceptors (Lipinski definition) is 1. The van der Waals surface area contributed by atoms with E-state index < -0.39 is 0 Å². The molecule has 0 N–H and O–H groups in total. The highest BCUT2D eigenvalue weighted by Gasteiger charge is 2.05. The molecule has 0 aliphatic heterocycles. The summed E-state index contributed by atoms with van der Waals surface area (Å²) < 4.78 is 0. The molecule has 0 saturated carbocycles. The van der Waals surface area contributed by atoms with Gasteiger partial charge in [0.05, 0.1) is 0 Å². The van der Waals surface area contributed by atoms with Crippen LogP contribution < -0.4 is 0 Å². The molecular formula is C19H12ClN. The summed E-state index contributed by atoms with van der Waals surface area (Å²) >= 11 is 6.17. The van der Waals surface area contributed by atoms with Crippen LogP contribution in [-0.2, 0) is 0 Å². The Labute approximate surface area is 127 Å². The number of fused-ring (bicyclic) bond motifs is 3. The molecule has 1 heterocycles. The Morgan fingerprint density at radius 1 is 0.667 bits per heavy atom. The Balaban J connectivity index is 2.00. The van der Waals surface area contributed by atoms with Gasteiger partial charge in [0.25, 0.3) is 0 Å². The largest absolute Gasteiger partial charge is 0.244 e. The predicted octanol–water partition coefficient (Wildman–Crippen LogP) is 5.71. The second-order valence-electron chi connectivity index (χ2n) is 5.06. The molecule has 1 nitrogen and oxygen atoms in total. The summed E-state index contributed by atoms with van der Waals surface area (Å²) in [7, 11) is 0. The molecule has 2 heteroatoms. The van der Waals surface area contributed by atoms with Gasteiger partial charge in [-0.1, -0.05) is 66.2 Å². The van der Waals surface area contributed by atoms with Crippen molar-refractivity contribution in [3.63, 3.8) is 0 Å². The summed E-state index contributed by atoms with van der Waals surface area (Å²) in [6, 6.07) is 23.1. The van der Waals surface area contributed by atoms with Crippen LogP contribution in [0, 0.1) is 0 Å². The van der Waals surface area contributed by atoms with Gasteiger partial charge in [-0.2, -0.15) is 0 Å². The monoisotopic (exact) mass is 289 g/mol. The minimum atomic E-state index is 0.557. The zero-order valence-corrected chi connectivity index (χ0v) is 12.0. The zero-order valence-electron chi connectivity index (χ0n) is 11.3. The molecule has 4 aromatic rings. The molecule has 21 heavy (non-hydrogen) atoms. The fourth-order valence-corrected chi connectivity index (χ4v) is 2.99. The molecule has 4 rings (SSSR count). The molecule has 1 aromatic heterocycles. The van der Waals surface area contributed by atoms with E-state index in [9.17, 15) is 0 Å². The van der Waals surface area contributed by atoms with E-state index in [2.05, 4.69) is 53.5 Å². The number of nitrogens with zero attached hydrogens (tertiary/aromatic N) is 1. The Morgan fingerprint density at radius 3 is 2.33 bits per heavy atom. The van der Waals surface area contributed by atoms with Crippen LogP contribution in [0.25, 0.3) is 32.7 Å². The van der Waals surface area contributed by atoms with Gasteiger partial charge in [0.1, 0.15) is 5.15 Å². The first-order valence-electron chi connectivity index (χ1n) is 6.85. The van der Waals surface area contributed by atoms with Crippen LogP contribution in [0.1, 0.15) is 0 Å². The van der Waals surface area contributed by atoms with Crippen molar-refractivity contribution in [2.75, 3.05) is 0 Å². The molecular weight excluding hydrogens is 278 g/mol. The molecule has 3 aromatic carbocycles. The van der Waals surface area contributed by atoms with Crippen LogP contribution >= 0.6 is 11.6 Å². The third-order valence-corrected chi connectivity index (χ3v) is 4.12. The Bertz CT molecular complexity index is 945. The number of rotatable bonds is 1. The van der Waals surface area contributed by atoms with Crippen LogP contribution in [0.15, 0.2) is 72.9 Å². The molecule has 0 amide bonds. The summed E-state index contributed by atoms with van der Waals surface area (Å²) in [4.78, 5) is 4.14. The average Bonchev–Trinajstić information content (AvgIpc) is 2.55. The van der Waals surface area contributed by atoms with Gasteiger partial charge in [-0.15, -0.1) is 0 Å². The lowest BCUT2D eigenvalue weighted by atomic mass is 9.98. The molecule has 0 atom stereocenters. The van der Waals surface area contributed by atoms with Gasteiger partial charge >= 0.3 is 0 Å². The quantitative estimate of drug-likeness (QED) is 0.323. The van der Waals surface area contributed by atoms with E-state index in [1.807, 2.05) is 18.2 Å². The van der Waals surface area contributed by atoms with E-state index in [1.54, 1.807) is 6.20 Å². The smallest absolute Gasteiger partial charge is 0.136 e. The molecule has 0 aliphatic rings. The fraction of sp³-hybridized carbons (Fsp3) is 0.